The standard InChI is InChI=1S/C15H12ClFO2/c1-10(19-14-4-2-3-12(16)9-14)15(18)11-5-7-13(17)8-6-11/h2-10H,1H3. The molecule has 0 bridgehead atoms. The molecular weight excluding hydrogens is 267 g/mol. The molecule has 0 aromatic heterocycles. The topological polar surface area (TPSA) is 26.3 Å². The highest BCUT2D eigenvalue weighted by molar-refractivity contribution is 6.30. The van der Waals surface area contributed by atoms with Crippen LogP contribution in [-0.2, 0) is 0 Å². The fourth-order valence-corrected chi connectivity index (χ4v) is 1.83. The molecule has 2 nitrogen and oxygen atoms in total. The van der Waals surface area contributed by atoms with Crippen molar-refractivity contribution in [2.45, 2.75) is 13.0 Å². The Balaban J connectivity index is 2.09. The molecule has 0 N–H and O–H groups in total. The van der Waals surface area contributed by atoms with E-state index < -0.39 is 6.10 Å². The molecule has 1 atom stereocenters. The van der Waals surface area contributed by atoms with Gasteiger partial charge in [-0.15, -0.1) is 0 Å². The van der Waals surface area contributed by atoms with E-state index in [1.807, 2.05) is 0 Å². The Hall–Kier alpha value is -1.87. The van der Waals surface area contributed by atoms with Gasteiger partial charge in [0.1, 0.15) is 11.6 Å². The molecule has 0 heterocycles. The molecule has 4 heteroatoms. The lowest BCUT2D eigenvalue weighted by Crippen LogP contribution is -2.23. The lowest BCUT2D eigenvalue weighted by atomic mass is 10.1. The summed E-state index contributed by atoms with van der Waals surface area (Å²) < 4.78 is 18.3. The van der Waals surface area contributed by atoms with Gasteiger partial charge < -0.3 is 4.74 Å². The smallest absolute Gasteiger partial charge is 0.202 e. The summed E-state index contributed by atoms with van der Waals surface area (Å²) in [4.78, 5) is 12.1. The molecule has 0 fully saturated rings. The third kappa shape index (κ3) is 3.55. The van der Waals surface area contributed by atoms with Gasteiger partial charge in [-0.05, 0) is 49.4 Å². The number of ketones is 1. The zero-order valence-electron chi connectivity index (χ0n) is 10.3. The van der Waals surface area contributed by atoms with E-state index in [0.29, 0.717) is 16.3 Å². The zero-order chi connectivity index (χ0) is 13.8. The van der Waals surface area contributed by atoms with E-state index in [2.05, 4.69) is 0 Å². The zero-order valence-corrected chi connectivity index (χ0v) is 11.0. The second-order valence-electron chi connectivity index (χ2n) is 4.09. The lowest BCUT2D eigenvalue weighted by molar-refractivity contribution is 0.0818. The van der Waals surface area contributed by atoms with Gasteiger partial charge in [-0.25, -0.2) is 4.39 Å². The Bertz CT molecular complexity index is 581. The van der Waals surface area contributed by atoms with Gasteiger partial charge in [0.05, 0.1) is 0 Å². The van der Waals surface area contributed by atoms with Crippen LogP contribution in [0.1, 0.15) is 17.3 Å². The fraction of sp³-hybridized carbons (Fsp3) is 0.133. The molecule has 0 amide bonds. The third-order valence-electron chi connectivity index (χ3n) is 2.61. The first-order valence-corrected chi connectivity index (χ1v) is 6.16. The number of hydrogen-bond donors (Lipinski definition) is 0. The Labute approximate surface area is 115 Å². The molecule has 0 aliphatic rings. The Morgan fingerprint density at radius 1 is 1.21 bits per heavy atom. The van der Waals surface area contributed by atoms with Gasteiger partial charge in [0.25, 0.3) is 0 Å². The van der Waals surface area contributed by atoms with Crippen LogP contribution in [-0.4, -0.2) is 11.9 Å². The van der Waals surface area contributed by atoms with Crippen molar-refractivity contribution in [3.63, 3.8) is 0 Å². The van der Waals surface area contributed by atoms with Crippen LogP contribution in [0.15, 0.2) is 48.5 Å². The number of ether oxygens (including phenoxy) is 1. The molecule has 2 aromatic rings. The molecule has 0 saturated heterocycles. The highest BCUT2D eigenvalue weighted by Crippen LogP contribution is 2.19. The molecule has 1 unspecified atom stereocenters. The highest BCUT2D eigenvalue weighted by Gasteiger charge is 2.16. The fourth-order valence-electron chi connectivity index (χ4n) is 1.65. The Morgan fingerprint density at radius 2 is 1.89 bits per heavy atom. The number of carbonyl (C=O) groups excluding carboxylic acids is 1. The van der Waals surface area contributed by atoms with Gasteiger partial charge in [-0.3, -0.25) is 4.79 Å². The number of halogens is 2. The quantitative estimate of drug-likeness (QED) is 0.786. The Morgan fingerprint density at radius 3 is 2.53 bits per heavy atom. The normalized spacial score (nSPS) is 11.9. The largest absolute Gasteiger partial charge is 0.483 e. The average Bonchev–Trinajstić information content (AvgIpc) is 2.39. The SMILES string of the molecule is CC(Oc1cccc(Cl)c1)C(=O)c1ccc(F)cc1. The third-order valence-corrected chi connectivity index (χ3v) is 2.84. The highest BCUT2D eigenvalue weighted by atomic mass is 35.5. The van der Waals surface area contributed by atoms with E-state index in [1.165, 1.54) is 24.3 Å². The predicted octanol–water partition coefficient (Wildman–Crippen LogP) is 4.13. The first kappa shape index (κ1) is 13.6. The van der Waals surface area contributed by atoms with E-state index >= 15 is 0 Å². The van der Waals surface area contributed by atoms with Crippen molar-refractivity contribution in [1.82, 2.24) is 0 Å². The van der Waals surface area contributed by atoms with Gasteiger partial charge in [-0.2, -0.15) is 0 Å². The number of carbonyl (C=O) groups is 1. The summed E-state index contributed by atoms with van der Waals surface area (Å²) in [5.74, 6) is -0.0598. The summed E-state index contributed by atoms with van der Waals surface area (Å²) >= 11 is 5.84. The first-order chi connectivity index (χ1) is 9.06. The van der Waals surface area contributed by atoms with E-state index in [1.54, 1.807) is 31.2 Å². The number of hydrogen-bond acceptors (Lipinski definition) is 2. The van der Waals surface area contributed by atoms with Crippen LogP contribution in [0.2, 0.25) is 5.02 Å². The van der Waals surface area contributed by atoms with Crippen molar-refractivity contribution in [3.8, 4) is 5.75 Å². The van der Waals surface area contributed by atoms with E-state index in [-0.39, 0.29) is 11.6 Å². The van der Waals surface area contributed by atoms with Crippen molar-refractivity contribution >= 4 is 17.4 Å². The van der Waals surface area contributed by atoms with Gasteiger partial charge in [0.2, 0.25) is 5.78 Å². The van der Waals surface area contributed by atoms with Crippen molar-refractivity contribution in [3.05, 3.63) is 64.9 Å². The number of rotatable bonds is 4. The summed E-state index contributed by atoms with van der Waals surface area (Å²) in [5.41, 5.74) is 0.413. The van der Waals surface area contributed by atoms with Crippen LogP contribution in [0, 0.1) is 5.82 Å². The second kappa shape index (κ2) is 5.85. The van der Waals surface area contributed by atoms with Crippen molar-refractivity contribution in [2.24, 2.45) is 0 Å². The molecule has 98 valence electrons. The minimum Gasteiger partial charge on any atom is -0.483 e. The van der Waals surface area contributed by atoms with Gasteiger partial charge in [0, 0.05) is 10.6 Å². The van der Waals surface area contributed by atoms with E-state index in [0.717, 1.165) is 0 Å². The second-order valence-corrected chi connectivity index (χ2v) is 4.53. The summed E-state index contributed by atoms with van der Waals surface area (Å²) in [6.07, 6.45) is -0.663. The summed E-state index contributed by atoms with van der Waals surface area (Å²) in [6, 6.07) is 12.2. The van der Waals surface area contributed by atoms with Crippen molar-refractivity contribution in [1.29, 1.82) is 0 Å². The van der Waals surface area contributed by atoms with E-state index in [9.17, 15) is 9.18 Å². The maximum absolute atomic E-state index is 12.8. The number of benzene rings is 2. The molecule has 19 heavy (non-hydrogen) atoms. The van der Waals surface area contributed by atoms with Crippen LogP contribution in [0.3, 0.4) is 0 Å². The average molecular weight is 279 g/mol. The molecule has 2 rings (SSSR count). The molecule has 0 aliphatic heterocycles. The lowest BCUT2D eigenvalue weighted by Gasteiger charge is -2.13. The molecule has 0 aliphatic carbocycles. The van der Waals surface area contributed by atoms with Crippen molar-refractivity contribution < 1.29 is 13.9 Å². The molecule has 0 saturated carbocycles. The monoisotopic (exact) mass is 278 g/mol. The van der Waals surface area contributed by atoms with Crippen LogP contribution >= 0.6 is 11.6 Å². The summed E-state index contributed by atoms with van der Waals surface area (Å²) in [6.45, 7) is 1.65. The number of Topliss-reactive ketones (excluding diaryl/α,β-unsaturated/α-hetero) is 1. The van der Waals surface area contributed by atoms with Gasteiger partial charge >= 0.3 is 0 Å². The minimum atomic E-state index is -0.663. The Kier molecular flexibility index (Phi) is 4.17. The minimum absolute atomic E-state index is 0.208. The maximum atomic E-state index is 12.8. The summed E-state index contributed by atoms with van der Waals surface area (Å²) in [5, 5.41) is 0.541. The molecule has 0 radical (unpaired) electrons. The van der Waals surface area contributed by atoms with Crippen LogP contribution < -0.4 is 4.74 Å². The van der Waals surface area contributed by atoms with Gasteiger partial charge in [-0.1, -0.05) is 17.7 Å². The van der Waals surface area contributed by atoms with Crippen LogP contribution in [0.5, 0.6) is 5.75 Å². The molecular formula is C15H12ClFO2. The van der Waals surface area contributed by atoms with Crippen LogP contribution in [0.25, 0.3) is 0 Å². The van der Waals surface area contributed by atoms with Gasteiger partial charge in [0.15, 0.2) is 6.10 Å². The molecule has 2 aromatic carbocycles. The predicted molar refractivity (Wildman–Crippen MR) is 72.3 cm³/mol. The van der Waals surface area contributed by atoms with Crippen molar-refractivity contribution in [2.75, 3.05) is 0 Å². The maximum Gasteiger partial charge on any atom is 0.202 e. The van der Waals surface area contributed by atoms with Crippen LogP contribution in [0.4, 0.5) is 4.39 Å². The van der Waals surface area contributed by atoms with E-state index in [4.69, 9.17) is 16.3 Å². The molecule has 0 spiro atoms. The first-order valence-electron chi connectivity index (χ1n) is 5.78. The summed E-state index contributed by atoms with van der Waals surface area (Å²) in [7, 11) is 0.